The molecule has 1 aromatic carbocycles. The van der Waals surface area contributed by atoms with Crippen LogP contribution in [0.3, 0.4) is 0 Å². The summed E-state index contributed by atoms with van der Waals surface area (Å²) in [5.41, 5.74) is 6.56. The van der Waals surface area contributed by atoms with E-state index in [1.165, 1.54) is 5.69 Å². The molecule has 0 spiro atoms. The number of likely N-dealkylation sites (N-methyl/N-ethyl adjacent to an activating group) is 1. The number of benzene rings is 1. The zero-order valence-corrected chi connectivity index (χ0v) is 20.3. The van der Waals surface area contributed by atoms with Crippen LogP contribution in [0.25, 0.3) is 23.2 Å². The van der Waals surface area contributed by atoms with Crippen LogP contribution in [-0.2, 0) is 6.42 Å². The molecule has 0 N–H and O–H groups in total. The summed E-state index contributed by atoms with van der Waals surface area (Å²) in [5, 5.41) is 0. The summed E-state index contributed by atoms with van der Waals surface area (Å²) in [6.45, 7) is 6.45. The Balaban J connectivity index is 1.32. The molecular formula is C28H28N6O. The Morgan fingerprint density at radius 2 is 1.89 bits per heavy atom. The highest BCUT2D eigenvalue weighted by molar-refractivity contribution is 5.83. The van der Waals surface area contributed by atoms with Crippen LogP contribution in [0.5, 0.6) is 5.75 Å². The Kier molecular flexibility index (Phi) is 5.25. The van der Waals surface area contributed by atoms with Crippen LogP contribution in [0, 0.1) is 6.92 Å². The SMILES string of the molecule is CCN1c2ncc(CCOc3cccc4c3C=CCN4C)cc2-c2ncc(C)n2-c2cccnc21. The zero-order chi connectivity index (χ0) is 23.9. The molecule has 6 rings (SSSR count). The summed E-state index contributed by atoms with van der Waals surface area (Å²) >= 11 is 0. The van der Waals surface area contributed by atoms with E-state index >= 15 is 0 Å². The number of fused-ring (bicyclic) bond motifs is 6. The third kappa shape index (κ3) is 3.55. The normalized spacial score (nSPS) is 13.6. The predicted octanol–water partition coefficient (Wildman–Crippen LogP) is 5.19. The molecule has 0 saturated carbocycles. The van der Waals surface area contributed by atoms with Gasteiger partial charge in [0.2, 0.25) is 0 Å². The lowest BCUT2D eigenvalue weighted by Crippen LogP contribution is -2.20. The summed E-state index contributed by atoms with van der Waals surface area (Å²) in [7, 11) is 2.10. The van der Waals surface area contributed by atoms with Crippen LogP contribution >= 0.6 is 0 Å². The fourth-order valence-electron chi connectivity index (χ4n) is 4.98. The number of nitrogens with zero attached hydrogens (tertiary/aromatic N) is 6. The van der Waals surface area contributed by atoms with Crippen molar-refractivity contribution in [1.82, 2.24) is 19.5 Å². The van der Waals surface area contributed by atoms with Crippen molar-refractivity contribution in [3.05, 3.63) is 77.9 Å². The minimum atomic E-state index is 0.571. The van der Waals surface area contributed by atoms with Crippen LogP contribution in [0.4, 0.5) is 17.3 Å². The van der Waals surface area contributed by atoms with Gasteiger partial charge in [-0.1, -0.05) is 18.2 Å². The molecule has 3 aromatic heterocycles. The first-order chi connectivity index (χ1) is 17.2. The third-order valence-corrected chi connectivity index (χ3v) is 6.70. The van der Waals surface area contributed by atoms with E-state index in [1.807, 2.05) is 30.7 Å². The van der Waals surface area contributed by atoms with Crippen molar-refractivity contribution >= 4 is 23.4 Å². The maximum atomic E-state index is 6.25. The van der Waals surface area contributed by atoms with Crippen LogP contribution in [0.1, 0.15) is 23.7 Å². The lowest BCUT2D eigenvalue weighted by Gasteiger charge is -2.25. The second-order valence-electron chi connectivity index (χ2n) is 8.93. The molecule has 0 bridgehead atoms. The van der Waals surface area contributed by atoms with Gasteiger partial charge in [-0.15, -0.1) is 0 Å². The summed E-state index contributed by atoms with van der Waals surface area (Å²) in [4.78, 5) is 18.8. The first-order valence-corrected chi connectivity index (χ1v) is 12.1. The lowest BCUT2D eigenvalue weighted by molar-refractivity contribution is 0.321. The van der Waals surface area contributed by atoms with Crippen molar-refractivity contribution in [3.63, 3.8) is 0 Å². The van der Waals surface area contributed by atoms with Gasteiger partial charge in [0.1, 0.15) is 17.4 Å². The van der Waals surface area contributed by atoms with E-state index in [0.717, 1.165) is 70.8 Å². The van der Waals surface area contributed by atoms with Crippen LogP contribution in [0.2, 0.25) is 0 Å². The number of aryl methyl sites for hydroxylation is 1. The number of imidazole rings is 1. The molecular weight excluding hydrogens is 436 g/mol. The molecule has 7 nitrogen and oxygen atoms in total. The standard InChI is InChI=1S/C28H28N6O/c1-4-33-26-22(27-30-17-19(2)34(27)24-10-6-13-29-28(24)33)16-20(18-31-26)12-15-35-25-11-5-9-23-21(25)8-7-14-32(23)3/h5-11,13,16-18H,4,12,14-15H2,1-3H3. The molecule has 0 saturated heterocycles. The van der Waals surface area contributed by atoms with Crippen molar-refractivity contribution in [3.8, 4) is 22.8 Å². The largest absolute Gasteiger partial charge is 0.493 e. The molecule has 0 aliphatic carbocycles. The highest BCUT2D eigenvalue weighted by Gasteiger charge is 2.28. The van der Waals surface area contributed by atoms with Crippen LogP contribution < -0.4 is 14.5 Å². The maximum absolute atomic E-state index is 6.25. The van der Waals surface area contributed by atoms with Crippen LogP contribution in [0.15, 0.2) is 61.1 Å². The fourth-order valence-corrected chi connectivity index (χ4v) is 4.98. The average molecular weight is 465 g/mol. The minimum absolute atomic E-state index is 0.571. The Morgan fingerprint density at radius 3 is 2.77 bits per heavy atom. The summed E-state index contributed by atoms with van der Waals surface area (Å²) in [6.07, 6.45) is 10.8. The van der Waals surface area contributed by atoms with Crippen molar-refractivity contribution in [2.45, 2.75) is 20.3 Å². The molecule has 2 aliphatic rings. The average Bonchev–Trinajstić information content (AvgIpc) is 3.21. The fraction of sp³-hybridized carbons (Fsp3) is 0.250. The van der Waals surface area contributed by atoms with E-state index in [9.17, 15) is 0 Å². The quantitative estimate of drug-likeness (QED) is 0.405. The van der Waals surface area contributed by atoms with Crippen LogP contribution in [-0.4, -0.2) is 46.3 Å². The molecule has 176 valence electrons. The van der Waals surface area contributed by atoms with E-state index < -0.39 is 0 Å². The maximum Gasteiger partial charge on any atom is 0.158 e. The van der Waals surface area contributed by atoms with Crippen molar-refractivity contribution in [2.75, 3.05) is 36.5 Å². The molecule has 0 unspecified atom stereocenters. The molecule has 0 radical (unpaired) electrons. The van der Waals surface area contributed by atoms with Gasteiger partial charge in [-0.3, -0.25) is 4.57 Å². The van der Waals surface area contributed by atoms with Gasteiger partial charge in [-0.05, 0) is 49.7 Å². The van der Waals surface area contributed by atoms with Crippen molar-refractivity contribution in [1.29, 1.82) is 0 Å². The lowest BCUT2D eigenvalue weighted by atomic mass is 10.1. The van der Waals surface area contributed by atoms with Gasteiger partial charge < -0.3 is 14.5 Å². The Hall–Kier alpha value is -4.13. The zero-order valence-electron chi connectivity index (χ0n) is 20.3. The minimum Gasteiger partial charge on any atom is -0.493 e. The van der Waals surface area contributed by atoms with E-state index in [0.29, 0.717) is 6.61 Å². The number of aromatic nitrogens is 4. The molecule has 5 heterocycles. The first-order valence-electron chi connectivity index (χ1n) is 12.1. The molecule has 4 aromatic rings. The second-order valence-corrected chi connectivity index (χ2v) is 8.93. The summed E-state index contributed by atoms with van der Waals surface area (Å²) in [6, 6.07) is 12.5. The number of hydrogen-bond acceptors (Lipinski definition) is 6. The third-order valence-electron chi connectivity index (χ3n) is 6.70. The number of rotatable bonds is 5. The topological polar surface area (TPSA) is 59.3 Å². The predicted molar refractivity (Wildman–Crippen MR) is 140 cm³/mol. The molecule has 0 fully saturated rings. The Morgan fingerprint density at radius 1 is 1.00 bits per heavy atom. The van der Waals surface area contributed by atoms with Gasteiger partial charge >= 0.3 is 0 Å². The van der Waals surface area contributed by atoms with E-state index in [-0.39, 0.29) is 0 Å². The molecule has 7 heteroatoms. The smallest absolute Gasteiger partial charge is 0.158 e. The van der Waals surface area contributed by atoms with E-state index in [1.54, 1.807) is 0 Å². The summed E-state index contributed by atoms with van der Waals surface area (Å²) in [5.74, 6) is 3.58. The van der Waals surface area contributed by atoms with Gasteiger partial charge in [-0.25, -0.2) is 15.0 Å². The highest BCUT2D eigenvalue weighted by Crippen LogP contribution is 2.41. The monoisotopic (exact) mass is 464 g/mol. The number of anilines is 3. The molecule has 2 aliphatic heterocycles. The molecule has 35 heavy (non-hydrogen) atoms. The number of hydrogen-bond donors (Lipinski definition) is 0. The Labute approximate surface area is 205 Å². The molecule has 0 atom stereocenters. The van der Waals surface area contributed by atoms with Crippen molar-refractivity contribution < 1.29 is 4.74 Å². The molecule has 0 amide bonds. The van der Waals surface area contributed by atoms with Gasteiger partial charge in [0, 0.05) is 62.1 Å². The van der Waals surface area contributed by atoms with Gasteiger partial charge in [0.25, 0.3) is 0 Å². The van der Waals surface area contributed by atoms with E-state index in [2.05, 4.69) is 71.7 Å². The van der Waals surface area contributed by atoms with Gasteiger partial charge in [0.15, 0.2) is 5.82 Å². The van der Waals surface area contributed by atoms with Gasteiger partial charge in [-0.2, -0.15) is 0 Å². The second kappa shape index (κ2) is 8.58. The first kappa shape index (κ1) is 21.4. The van der Waals surface area contributed by atoms with Crippen molar-refractivity contribution in [2.24, 2.45) is 0 Å². The number of ether oxygens (including phenoxy) is 1. The van der Waals surface area contributed by atoms with Gasteiger partial charge in [0.05, 0.1) is 17.9 Å². The summed E-state index contributed by atoms with van der Waals surface area (Å²) < 4.78 is 8.42. The Bertz CT molecular complexity index is 1440. The highest BCUT2D eigenvalue weighted by atomic mass is 16.5. The number of pyridine rings is 2. The van der Waals surface area contributed by atoms with E-state index in [4.69, 9.17) is 19.7 Å².